The summed E-state index contributed by atoms with van der Waals surface area (Å²) in [6.45, 7) is 2.25. The van der Waals surface area contributed by atoms with Gasteiger partial charge in [0.2, 0.25) is 11.2 Å². The van der Waals surface area contributed by atoms with Gasteiger partial charge in [0.05, 0.1) is 19.1 Å². The van der Waals surface area contributed by atoms with Gasteiger partial charge in [-0.3, -0.25) is 0 Å². The van der Waals surface area contributed by atoms with Gasteiger partial charge in [-0.1, -0.05) is 0 Å². The highest BCUT2D eigenvalue weighted by Crippen LogP contribution is 2.19. The largest absolute Gasteiger partial charge is 0.444 e. The van der Waals surface area contributed by atoms with Crippen LogP contribution in [0.1, 0.15) is 11.7 Å². The Bertz CT molecular complexity index is 691. The molecule has 0 saturated carbocycles. The number of fused-ring (bicyclic) bond motifs is 1. The van der Waals surface area contributed by atoms with Crippen LogP contribution in [0.5, 0.6) is 0 Å². The SMILES string of the molecule is Cc1cnc(CNc2nc(Cl)nc3nc[nH]c23)o1. The molecular weight excluding hydrogens is 256 g/mol. The Morgan fingerprint density at radius 2 is 2.28 bits per heavy atom. The Kier molecular flexibility index (Phi) is 2.60. The Morgan fingerprint density at radius 3 is 3.06 bits per heavy atom. The summed E-state index contributed by atoms with van der Waals surface area (Å²) in [5, 5.41) is 3.22. The quantitative estimate of drug-likeness (QED) is 0.702. The van der Waals surface area contributed by atoms with Crippen molar-refractivity contribution in [2.75, 3.05) is 5.32 Å². The molecule has 0 unspecified atom stereocenters. The number of hydrogen-bond donors (Lipinski definition) is 2. The van der Waals surface area contributed by atoms with Crippen LogP contribution in [0.3, 0.4) is 0 Å². The average molecular weight is 265 g/mol. The maximum absolute atomic E-state index is 5.81. The molecule has 0 spiro atoms. The van der Waals surface area contributed by atoms with E-state index in [1.165, 1.54) is 6.33 Å². The van der Waals surface area contributed by atoms with Crippen molar-refractivity contribution >= 4 is 28.6 Å². The fourth-order valence-corrected chi connectivity index (χ4v) is 1.74. The van der Waals surface area contributed by atoms with Crippen LogP contribution < -0.4 is 5.32 Å². The van der Waals surface area contributed by atoms with Crippen LogP contribution in [0.4, 0.5) is 5.82 Å². The molecule has 0 aliphatic rings. The summed E-state index contributed by atoms with van der Waals surface area (Å²) in [7, 11) is 0. The molecule has 3 heterocycles. The summed E-state index contributed by atoms with van der Waals surface area (Å²) in [5.74, 6) is 1.91. The van der Waals surface area contributed by atoms with E-state index in [9.17, 15) is 0 Å². The molecule has 0 aliphatic heterocycles. The van der Waals surface area contributed by atoms with Crippen LogP contribution in [-0.2, 0) is 6.54 Å². The number of oxazole rings is 1. The molecule has 8 heteroatoms. The molecule has 0 radical (unpaired) electrons. The molecule has 0 saturated heterocycles. The molecule has 3 aromatic heterocycles. The van der Waals surface area contributed by atoms with Crippen molar-refractivity contribution in [3.05, 3.63) is 29.5 Å². The first-order chi connectivity index (χ1) is 8.72. The predicted molar refractivity (Wildman–Crippen MR) is 65.3 cm³/mol. The van der Waals surface area contributed by atoms with E-state index < -0.39 is 0 Å². The highest BCUT2D eigenvalue weighted by Gasteiger charge is 2.09. The molecule has 92 valence electrons. The van der Waals surface area contributed by atoms with Crippen LogP contribution in [0.25, 0.3) is 11.2 Å². The fraction of sp³-hybridized carbons (Fsp3) is 0.200. The van der Waals surface area contributed by atoms with Gasteiger partial charge < -0.3 is 14.7 Å². The van der Waals surface area contributed by atoms with Gasteiger partial charge in [0, 0.05) is 0 Å². The van der Waals surface area contributed by atoms with Crippen LogP contribution in [0, 0.1) is 6.92 Å². The first-order valence-corrected chi connectivity index (χ1v) is 5.62. The lowest BCUT2D eigenvalue weighted by atomic mass is 10.5. The molecule has 3 rings (SSSR count). The van der Waals surface area contributed by atoms with E-state index in [-0.39, 0.29) is 5.28 Å². The minimum atomic E-state index is 0.140. The zero-order chi connectivity index (χ0) is 12.5. The second kappa shape index (κ2) is 4.26. The molecule has 0 aromatic carbocycles. The summed E-state index contributed by atoms with van der Waals surface area (Å²) < 4.78 is 5.35. The Morgan fingerprint density at radius 1 is 1.39 bits per heavy atom. The number of anilines is 1. The van der Waals surface area contributed by atoms with Crippen LogP contribution in [0.2, 0.25) is 5.28 Å². The lowest BCUT2D eigenvalue weighted by molar-refractivity contribution is 0.479. The molecule has 0 amide bonds. The second-order valence-corrected chi connectivity index (χ2v) is 4.00. The standard InChI is InChI=1S/C10H9ClN6O/c1-5-2-12-6(18-5)3-13-8-7-9(15-4-14-7)17-10(11)16-8/h2,4H,3H2,1H3,(H2,13,14,15,16,17). The molecule has 0 atom stereocenters. The highest BCUT2D eigenvalue weighted by molar-refractivity contribution is 6.28. The number of halogens is 1. The molecule has 7 nitrogen and oxygen atoms in total. The van der Waals surface area contributed by atoms with Crippen molar-refractivity contribution in [3.8, 4) is 0 Å². The number of nitrogens with zero attached hydrogens (tertiary/aromatic N) is 4. The Balaban J connectivity index is 1.87. The van der Waals surface area contributed by atoms with E-state index in [0.717, 1.165) is 5.76 Å². The van der Waals surface area contributed by atoms with Crippen LogP contribution >= 0.6 is 11.6 Å². The topological polar surface area (TPSA) is 92.5 Å². The average Bonchev–Trinajstić information content (AvgIpc) is 2.94. The van der Waals surface area contributed by atoms with Gasteiger partial charge in [-0.15, -0.1) is 0 Å². The van der Waals surface area contributed by atoms with Crippen molar-refractivity contribution < 1.29 is 4.42 Å². The number of hydrogen-bond acceptors (Lipinski definition) is 6. The highest BCUT2D eigenvalue weighted by atomic mass is 35.5. The van der Waals surface area contributed by atoms with Gasteiger partial charge >= 0.3 is 0 Å². The van der Waals surface area contributed by atoms with Crippen molar-refractivity contribution in [2.24, 2.45) is 0 Å². The molecular formula is C10H9ClN6O. The predicted octanol–water partition coefficient (Wildman–Crippen LogP) is 1.91. The zero-order valence-electron chi connectivity index (χ0n) is 9.44. The minimum Gasteiger partial charge on any atom is -0.444 e. The molecule has 0 fully saturated rings. The van der Waals surface area contributed by atoms with Crippen molar-refractivity contribution in [3.63, 3.8) is 0 Å². The van der Waals surface area contributed by atoms with Crippen LogP contribution in [-0.4, -0.2) is 24.9 Å². The monoisotopic (exact) mass is 264 g/mol. The van der Waals surface area contributed by atoms with Gasteiger partial charge in [0.1, 0.15) is 11.3 Å². The third-order valence-corrected chi connectivity index (χ3v) is 2.50. The van der Waals surface area contributed by atoms with E-state index >= 15 is 0 Å². The number of nitrogens with one attached hydrogen (secondary N) is 2. The maximum Gasteiger partial charge on any atom is 0.226 e. The van der Waals surface area contributed by atoms with E-state index in [1.807, 2.05) is 6.92 Å². The number of imidazole rings is 1. The Labute approximate surface area is 107 Å². The normalized spacial score (nSPS) is 11.0. The van der Waals surface area contributed by atoms with Gasteiger partial charge in [-0.25, -0.2) is 9.97 Å². The lowest BCUT2D eigenvalue weighted by Crippen LogP contribution is -2.03. The van der Waals surface area contributed by atoms with E-state index in [4.69, 9.17) is 16.0 Å². The maximum atomic E-state index is 5.81. The third kappa shape index (κ3) is 2.00. The number of rotatable bonds is 3. The molecule has 0 aliphatic carbocycles. The number of aromatic amines is 1. The summed E-state index contributed by atoms with van der Waals surface area (Å²) in [6.07, 6.45) is 3.20. The van der Waals surface area contributed by atoms with Gasteiger partial charge in [-0.05, 0) is 18.5 Å². The van der Waals surface area contributed by atoms with Crippen molar-refractivity contribution in [1.29, 1.82) is 0 Å². The first kappa shape index (κ1) is 11.0. The van der Waals surface area contributed by atoms with Crippen LogP contribution in [0.15, 0.2) is 16.9 Å². The van der Waals surface area contributed by atoms with Gasteiger partial charge in [0.15, 0.2) is 11.5 Å². The van der Waals surface area contributed by atoms with Gasteiger partial charge in [0.25, 0.3) is 0 Å². The molecule has 18 heavy (non-hydrogen) atoms. The van der Waals surface area contributed by atoms with Crippen molar-refractivity contribution in [2.45, 2.75) is 13.5 Å². The lowest BCUT2D eigenvalue weighted by Gasteiger charge is -2.03. The minimum absolute atomic E-state index is 0.140. The van der Waals surface area contributed by atoms with Gasteiger partial charge in [-0.2, -0.15) is 9.97 Å². The number of aromatic nitrogens is 5. The van der Waals surface area contributed by atoms with Crippen molar-refractivity contribution in [1.82, 2.24) is 24.9 Å². The zero-order valence-corrected chi connectivity index (χ0v) is 10.2. The molecule has 3 aromatic rings. The first-order valence-electron chi connectivity index (χ1n) is 5.24. The number of aryl methyl sites for hydroxylation is 1. The fourth-order valence-electron chi connectivity index (χ4n) is 1.58. The summed E-state index contributed by atoms with van der Waals surface area (Å²) in [4.78, 5) is 19.2. The second-order valence-electron chi connectivity index (χ2n) is 3.66. The molecule has 2 N–H and O–H groups in total. The van der Waals surface area contributed by atoms with E-state index in [1.54, 1.807) is 6.20 Å². The summed E-state index contributed by atoms with van der Waals surface area (Å²) in [6, 6.07) is 0. The third-order valence-electron chi connectivity index (χ3n) is 2.33. The number of H-pyrrole nitrogens is 1. The molecule has 0 bridgehead atoms. The smallest absolute Gasteiger partial charge is 0.226 e. The van der Waals surface area contributed by atoms with E-state index in [2.05, 4.69) is 30.2 Å². The summed E-state index contributed by atoms with van der Waals surface area (Å²) >= 11 is 5.81. The van der Waals surface area contributed by atoms with E-state index in [0.29, 0.717) is 29.4 Å². The Hall–Kier alpha value is -2.15. The summed E-state index contributed by atoms with van der Waals surface area (Å²) in [5.41, 5.74) is 1.21.